The second-order valence-electron chi connectivity index (χ2n) is 14.2. The topological polar surface area (TPSA) is 46.5 Å². The van der Waals surface area contributed by atoms with Gasteiger partial charge in [-0.15, -0.1) is 11.8 Å². The van der Waals surface area contributed by atoms with Crippen LogP contribution < -0.4 is 4.74 Å². The number of carbonyl (C=O) groups is 1. The molecule has 7 atom stereocenters. The first-order chi connectivity index (χ1) is 18.3. The standard InChI is InChI=1S/C35H48O3S/c1-22-8-12-25(13-9-22)39-32(33(2,3)4)21-31(36)35(6,37)30-17-16-29-28-14-10-23-20-24(38-7)11-15-26(23)27(28)18-19-34(29,30)5/h8-9,11-13,15,20,27-30,32,37H,10,14,16-19,21H2,1-7H3/t27-,28-,29+,30+,32?,34+,35-/m1/s1. The highest BCUT2D eigenvalue weighted by Gasteiger charge is 2.60. The minimum Gasteiger partial charge on any atom is -0.497 e. The highest BCUT2D eigenvalue weighted by Crippen LogP contribution is 2.65. The molecule has 39 heavy (non-hydrogen) atoms. The molecule has 0 radical (unpaired) electrons. The van der Waals surface area contributed by atoms with E-state index in [1.807, 2.05) is 6.92 Å². The van der Waals surface area contributed by atoms with Crippen LogP contribution in [0.15, 0.2) is 47.4 Å². The number of aryl methyl sites for hydroxylation is 2. The van der Waals surface area contributed by atoms with Crippen LogP contribution in [0.1, 0.15) is 95.8 Å². The van der Waals surface area contributed by atoms with Gasteiger partial charge < -0.3 is 9.84 Å². The molecule has 212 valence electrons. The van der Waals surface area contributed by atoms with Crippen LogP contribution in [0, 0.1) is 35.5 Å². The minimum atomic E-state index is -1.30. The molecule has 2 saturated carbocycles. The maximum Gasteiger partial charge on any atom is 0.165 e. The van der Waals surface area contributed by atoms with Crippen molar-refractivity contribution in [2.75, 3.05) is 7.11 Å². The molecule has 3 aliphatic carbocycles. The van der Waals surface area contributed by atoms with E-state index in [1.54, 1.807) is 18.9 Å². The first-order valence-electron chi connectivity index (χ1n) is 15.0. The number of hydrogen-bond acceptors (Lipinski definition) is 4. The van der Waals surface area contributed by atoms with Crippen molar-refractivity contribution in [2.45, 2.75) is 108 Å². The minimum absolute atomic E-state index is 0.00558. The SMILES string of the molecule is COc1ccc2c(c1)CC[C@@H]1[C@@H]2CC[C@@]2(C)[C@H]1CC[C@@H]2[C@@](C)(O)C(=O)CC(Sc1ccc(C)cc1)C(C)(C)C. The van der Waals surface area contributed by atoms with Crippen LogP contribution in [-0.4, -0.2) is 28.9 Å². The number of thioether (sulfide) groups is 1. The maximum atomic E-state index is 14.0. The molecule has 3 aliphatic rings. The Morgan fingerprint density at radius 3 is 2.46 bits per heavy atom. The zero-order valence-corrected chi connectivity index (χ0v) is 25.9. The summed E-state index contributed by atoms with van der Waals surface area (Å²) in [6, 6.07) is 15.2. The van der Waals surface area contributed by atoms with Crippen molar-refractivity contribution in [1.82, 2.24) is 0 Å². The molecular formula is C35H48O3S. The van der Waals surface area contributed by atoms with Crippen molar-refractivity contribution in [1.29, 1.82) is 0 Å². The molecule has 0 saturated heterocycles. The van der Waals surface area contributed by atoms with Gasteiger partial charge in [0, 0.05) is 22.5 Å². The Hall–Kier alpha value is -1.78. The van der Waals surface area contributed by atoms with E-state index in [0.717, 1.165) is 37.9 Å². The summed E-state index contributed by atoms with van der Waals surface area (Å²) in [6.45, 7) is 13.0. The van der Waals surface area contributed by atoms with Crippen LogP contribution in [0.3, 0.4) is 0 Å². The zero-order valence-electron chi connectivity index (χ0n) is 25.0. The average Bonchev–Trinajstić information content (AvgIpc) is 3.26. The summed E-state index contributed by atoms with van der Waals surface area (Å²) in [5.41, 5.74) is 2.86. The summed E-state index contributed by atoms with van der Waals surface area (Å²) >= 11 is 1.78. The molecule has 0 bridgehead atoms. The van der Waals surface area contributed by atoms with Crippen LogP contribution in [-0.2, 0) is 11.2 Å². The summed E-state index contributed by atoms with van der Waals surface area (Å²) < 4.78 is 5.50. The number of methoxy groups -OCH3 is 1. The summed E-state index contributed by atoms with van der Waals surface area (Å²) in [5.74, 6) is 2.80. The van der Waals surface area contributed by atoms with E-state index >= 15 is 0 Å². The molecule has 2 fully saturated rings. The highest BCUT2D eigenvalue weighted by atomic mass is 32.2. The highest BCUT2D eigenvalue weighted by molar-refractivity contribution is 8.00. The molecule has 3 nitrogen and oxygen atoms in total. The van der Waals surface area contributed by atoms with Crippen molar-refractivity contribution in [2.24, 2.45) is 28.6 Å². The number of fused-ring (bicyclic) bond motifs is 5. The third-order valence-electron chi connectivity index (χ3n) is 10.8. The fraction of sp³-hybridized carbons (Fsp3) is 0.629. The lowest BCUT2D eigenvalue weighted by Crippen LogP contribution is -2.53. The van der Waals surface area contributed by atoms with Crippen molar-refractivity contribution in [3.8, 4) is 5.75 Å². The van der Waals surface area contributed by atoms with Gasteiger partial charge in [-0.2, -0.15) is 0 Å². The molecule has 1 N–H and O–H groups in total. The number of ether oxygens (including phenoxy) is 1. The van der Waals surface area contributed by atoms with Gasteiger partial charge in [0.1, 0.15) is 11.4 Å². The van der Waals surface area contributed by atoms with Crippen LogP contribution in [0.2, 0.25) is 0 Å². The fourth-order valence-corrected chi connectivity index (χ4v) is 9.69. The van der Waals surface area contributed by atoms with E-state index < -0.39 is 5.60 Å². The molecule has 4 heteroatoms. The largest absolute Gasteiger partial charge is 0.497 e. The van der Waals surface area contributed by atoms with Gasteiger partial charge in [-0.3, -0.25) is 4.79 Å². The second kappa shape index (κ2) is 10.6. The monoisotopic (exact) mass is 548 g/mol. The predicted molar refractivity (Wildman–Crippen MR) is 162 cm³/mol. The molecular weight excluding hydrogens is 500 g/mol. The lowest BCUT2D eigenvalue weighted by Gasteiger charge is -2.53. The Bertz CT molecular complexity index is 1190. The Labute approximate surface area is 240 Å². The van der Waals surface area contributed by atoms with Gasteiger partial charge >= 0.3 is 0 Å². The number of hydrogen-bond donors (Lipinski definition) is 1. The molecule has 2 aromatic carbocycles. The molecule has 0 aromatic heterocycles. The number of aliphatic hydroxyl groups is 1. The van der Waals surface area contributed by atoms with Gasteiger partial charge in [-0.25, -0.2) is 0 Å². The Morgan fingerprint density at radius 2 is 1.79 bits per heavy atom. The normalized spacial score (nSPS) is 30.5. The molecule has 5 rings (SSSR count). The maximum absolute atomic E-state index is 14.0. The van der Waals surface area contributed by atoms with Crippen LogP contribution in [0.4, 0.5) is 0 Å². The smallest absolute Gasteiger partial charge is 0.165 e. The first-order valence-corrected chi connectivity index (χ1v) is 15.9. The van der Waals surface area contributed by atoms with Crippen molar-refractivity contribution >= 4 is 17.5 Å². The van der Waals surface area contributed by atoms with Crippen LogP contribution in [0.25, 0.3) is 0 Å². The van der Waals surface area contributed by atoms with E-state index in [9.17, 15) is 9.90 Å². The van der Waals surface area contributed by atoms with E-state index in [-0.39, 0.29) is 27.8 Å². The third-order valence-corrected chi connectivity index (χ3v) is 12.5. The van der Waals surface area contributed by atoms with Crippen LogP contribution in [0.5, 0.6) is 5.75 Å². The molecule has 0 spiro atoms. The lowest BCUT2D eigenvalue weighted by molar-refractivity contribution is -0.149. The number of benzene rings is 2. The fourth-order valence-electron chi connectivity index (χ4n) is 8.48. The Balaban J connectivity index is 1.34. The van der Waals surface area contributed by atoms with Gasteiger partial charge in [-0.1, -0.05) is 51.5 Å². The Morgan fingerprint density at radius 1 is 1.08 bits per heavy atom. The number of Topliss-reactive ketones (excluding diaryl/α,β-unsaturated/α-hetero) is 1. The number of ketones is 1. The summed E-state index contributed by atoms with van der Waals surface area (Å²) in [6.07, 6.45) is 7.00. The van der Waals surface area contributed by atoms with Gasteiger partial charge in [0.2, 0.25) is 0 Å². The third kappa shape index (κ3) is 5.33. The first kappa shape index (κ1) is 28.7. The average molecular weight is 549 g/mol. The summed E-state index contributed by atoms with van der Waals surface area (Å²) in [5, 5.41) is 12.1. The number of carbonyl (C=O) groups excluding carboxylic acids is 1. The van der Waals surface area contributed by atoms with Crippen LogP contribution >= 0.6 is 11.8 Å². The Kier molecular flexibility index (Phi) is 7.78. The van der Waals surface area contributed by atoms with Crippen molar-refractivity contribution < 1.29 is 14.6 Å². The number of rotatable bonds is 7. The summed E-state index contributed by atoms with van der Waals surface area (Å²) in [7, 11) is 1.75. The van der Waals surface area contributed by atoms with Gasteiger partial charge in [0.05, 0.1) is 7.11 Å². The second-order valence-corrected chi connectivity index (χ2v) is 15.5. The molecule has 0 amide bonds. The predicted octanol–water partition coefficient (Wildman–Crippen LogP) is 8.39. The quantitative estimate of drug-likeness (QED) is 0.353. The summed E-state index contributed by atoms with van der Waals surface area (Å²) in [4.78, 5) is 15.2. The van der Waals surface area contributed by atoms with E-state index in [1.165, 1.54) is 28.0 Å². The molecule has 0 aliphatic heterocycles. The van der Waals surface area contributed by atoms with Crippen molar-refractivity contribution in [3.63, 3.8) is 0 Å². The lowest BCUT2D eigenvalue weighted by atomic mass is 9.52. The zero-order chi connectivity index (χ0) is 28.2. The molecule has 1 unspecified atom stereocenters. The van der Waals surface area contributed by atoms with Gasteiger partial charge in [0.25, 0.3) is 0 Å². The van der Waals surface area contributed by atoms with E-state index in [0.29, 0.717) is 24.2 Å². The van der Waals surface area contributed by atoms with Gasteiger partial charge in [0.15, 0.2) is 5.78 Å². The van der Waals surface area contributed by atoms with Crippen molar-refractivity contribution in [3.05, 3.63) is 59.2 Å². The van der Waals surface area contributed by atoms with E-state index in [2.05, 4.69) is 77.1 Å². The molecule has 2 aromatic rings. The molecule has 0 heterocycles. The van der Waals surface area contributed by atoms with Gasteiger partial charge in [-0.05, 0) is 116 Å². The van der Waals surface area contributed by atoms with E-state index in [4.69, 9.17) is 4.74 Å².